The van der Waals surface area contributed by atoms with Gasteiger partial charge in [0, 0.05) is 18.5 Å². The van der Waals surface area contributed by atoms with Gasteiger partial charge in [-0.15, -0.1) is 0 Å². The van der Waals surface area contributed by atoms with Crippen LogP contribution < -0.4 is 5.73 Å². The summed E-state index contributed by atoms with van der Waals surface area (Å²) in [5.41, 5.74) is 9.84. The average Bonchev–Trinajstić information content (AvgIpc) is 3.23. The van der Waals surface area contributed by atoms with Crippen molar-refractivity contribution in [2.45, 2.75) is 37.1 Å². The van der Waals surface area contributed by atoms with Gasteiger partial charge in [-0.1, -0.05) is 6.07 Å². The van der Waals surface area contributed by atoms with E-state index in [2.05, 4.69) is 29.8 Å². The molecule has 1 heterocycles. The van der Waals surface area contributed by atoms with Gasteiger partial charge in [0.25, 0.3) is 0 Å². The van der Waals surface area contributed by atoms with Crippen molar-refractivity contribution in [1.29, 1.82) is 0 Å². The minimum atomic E-state index is -0.0434. The lowest BCUT2D eigenvalue weighted by Gasteiger charge is -2.09. The van der Waals surface area contributed by atoms with Gasteiger partial charge in [-0.2, -0.15) is 0 Å². The van der Waals surface area contributed by atoms with E-state index in [1.54, 1.807) is 0 Å². The van der Waals surface area contributed by atoms with Crippen molar-refractivity contribution in [3.05, 3.63) is 29.6 Å². The quantitative estimate of drug-likeness (QED) is 0.856. The fourth-order valence-corrected chi connectivity index (χ4v) is 2.65. The largest absolute Gasteiger partial charge is 0.331 e. The first-order chi connectivity index (χ1) is 8.17. The van der Waals surface area contributed by atoms with Crippen LogP contribution in [0.4, 0.5) is 0 Å². The monoisotopic (exact) mass is 227 g/mol. The molecule has 1 aromatic heterocycles. The Labute approximate surface area is 101 Å². The molecule has 2 saturated carbocycles. The van der Waals surface area contributed by atoms with E-state index in [1.165, 1.54) is 29.7 Å². The maximum absolute atomic E-state index is 6.26. The molecule has 2 aliphatic rings. The number of benzene rings is 1. The van der Waals surface area contributed by atoms with Crippen LogP contribution >= 0.6 is 0 Å². The summed E-state index contributed by atoms with van der Waals surface area (Å²) >= 11 is 0. The second-order valence-corrected chi connectivity index (χ2v) is 5.66. The fourth-order valence-electron chi connectivity index (χ4n) is 2.65. The van der Waals surface area contributed by atoms with Crippen LogP contribution in [0.2, 0.25) is 0 Å². The molecule has 4 rings (SSSR count). The fraction of sp³-hybridized carbons (Fsp3) is 0.500. The van der Waals surface area contributed by atoms with E-state index >= 15 is 0 Å². The second kappa shape index (κ2) is 2.91. The minimum absolute atomic E-state index is 0.0434. The SMILES string of the molecule is Cn1c(C2CC2)nc2ccc(C3(N)CC3)cc21. The molecule has 0 atom stereocenters. The van der Waals surface area contributed by atoms with Crippen molar-refractivity contribution in [3.8, 4) is 0 Å². The molecule has 88 valence electrons. The maximum atomic E-state index is 6.26. The van der Waals surface area contributed by atoms with Crippen LogP contribution in [0.1, 0.15) is 43.0 Å². The normalized spacial score (nSPS) is 22.0. The van der Waals surface area contributed by atoms with Crippen molar-refractivity contribution < 1.29 is 0 Å². The number of hydrogen-bond acceptors (Lipinski definition) is 2. The molecule has 2 N–H and O–H groups in total. The predicted molar refractivity (Wildman–Crippen MR) is 67.8 cm³/mol. The first-order valence-corrected chi connectivity index (χ1v) is 6.43. The van der Waals surface area contributed by atoms with Gasteiger partial charge in [0.05, 0.1) is 11.0 Å². The van der Waals surface area contributed by atoms with Gasteiger partial charge in [0.1, 0.15) is 5.82 Å². The molecule has 2 aromatic rings. The first kappa shape index (κ1) is 9.66. The van der Waals surface area contributed by atoms with Gasteiger partial charge in [0.2, 0.25) is 0 Å². The van der Waals surface area contributed by atoms with Gasteiger partial charge in [-0.05, 0) is 43.4 Å². The summed E-state index contributed by atoms with van der Waals surface area (Å²) in [4.78, 5) is 4.74. The zero-order valence-corrected chi connectivity index (χ0v) is 10.1. The molecule has 0 aliphatic heterocycles. The number of nitrogens with two attached hydrogens (primary N) is 1. The lowest BCUT2D eigenvalue weighted by Crippen LogP contribution is -2.18. The van der Waals surface area contributed by atoms with Crippen molar-refractivity contribution >= 4 is 11.0 Å². The number of aromatic nitrogens is 2. The molecule has 2 aliphatic carbocycles. The Morgan fingerprint density at radius 2 is 2.12 bits per heavy atom. The highest BCUT2D eigenvalue weighted by atomic mass is 15.1. The van der Waals surface area contributed by atoms with Crippen LogP contribution in [0.25, 0.3) is 11.0 Å². The summed E-state index contributed by atoms with van der Waals surface area (Å²) < 4.78 is 2.25. The number of rotatable bonds is 2. The third-order valence-corrected chi connectivity index (χ3v) is 4.22. The molecule has 2 fully saturated rings. The molecule has 3 nitrogen and oxygen atoms in total. The Morgan fingerprint density at radius 3 is 2.76 bits per heavy atom. The van der Waals surface area contributed by atoms with E-state index in [-0.39, 0.29) is 5.54 Å². The molecule has 0 amide bonds. The molecular formula is C14H17N3. The third kappa shape index (κ3) is 1.35. The summed E-state index contributed by atoms with van der Waals surface area (Å²) in [6.45, 7) is 0. The van der Waals surface area contributed by atoms with Crippen LogP contribution in [0, 0.1) is 0 Å². The highest BCUT2D eigenvalue weighted by Gasteiger charge is 2.40. The summed E-state index contributed by atoms with van der Waals surface area (Å²) in [6, 6.07) is 6.52. The van der Waals surface area contributed by atoms with Crippen LogP contribution in [-0.4, -0.2) is 9.55 Å². The van der Waals surface area contributed by atoms with E-state index in [0.29, 0.717) is 5.92 Å². The molecule has 17 heavy (non-hydrogen) atoms. The van der Waals surface area contributed by atoms with Gasteiger partial charge >= 0.3 is 0 Å². The Balaban J connectivity index is 1.90. The molecule has 0 unspecified atom stereocenters. The molecule has 1 aromatic carbocycles. The van der Waals surface area contributed by atoms with E-state index in [9.17, 15) is 0 Å². The van der Waals surface area contributed by atoms with E-state index < -0.39 is 0 Å². The average molecular weight is 227 g/mol. The van der Waals surface area contributed by atoms with Crippen molar-refractivity contribution in [1.82, 2.24) is 9.55 Å². The van der Waals surface area contributed by atoms with E-state index in [1.807, 2.05) is 0 Å². The van der Waals surface area contributed by atoms with Crippen molar-refractivity contribution in [2.24, 2.45) is 12.8 Å². The number of aryl methyl sites for hydroxylation is 1. The minimum Gasteiger partial charge on any atom is -0.331 e. The van der Waals surface area contributed by atoms with Gasteiger partial charge in [0.15, 0.2) is 0 Å². The highest BCUT2D eigenvalue weighted by Crippen LogP contribution is 2.44. The van der Waals surface area contributed by atoms with Gasteiger partial charge in [-0.3, -0.25) is 0 Å². The lowest BCUT2D eigenvalue weighted by atomic mass is 10.1. The highest BCUT2D eigenvalue weighted by molar-refractivity contribution is 5.77. The zero-order chi connectivity index (χ0) is 11.6. The number of fused-ring (bicyclic) bond motifs is 1. The second-order valence-electron chi connectivity index (χ2n) is 5.66. The Kier molecular flexibility index (Phi) is 1.65. The lowest BCUT2D eigenvalue weighted by molar-refractivity contribution is 0.740. The standard InChI is InChI=1S/C14H17N3/c1-17-12-8-10(14(15)6-7-14)4-5-11(12)16-13(17)9-2-3-9/h4-5,8-9H,2-3,6-7,15H2,1H3. The summed E-state index contributed by atoms with van der Waals surface area (Å²) in [7, 11) is 2.13. The van der Waals surface area contributed by atoms with Crippen LogP contribution in [0.15, 0.2) is 18.2 Å². The zero-order valence-electron chi connectivity index (χ0n) is 10.1. The summed E-state index contributed by atoms with van der Waals surface area (Å²) in [5, 5.41) is 0. The Hall–Kier alpha value is -1.35. The van der Waals surface area contributed by atoms with E-state index in [4.69, 9.17) is 10.7 Å². The molecule has 3 heteroatoms. The molecule has 0 radical (unpaired) electrons. The number of hydrogen-bond donors (Lipinski definition) is 1. The smallest absolute Gasteiger partial charge is 0.112 e. The van der Waals surface area contributed by atoms with Crippen LogP contribution in [0.3, 0.4) is 0 Å². The van der Waals surface area contributed by atoms with Crippen LogP contribution in [-0.2, 0) is 12.6 Å². The summed E-state index contributed by atoms with van der Waals surface area (Å²) in [6.07, 6.45) is 4.83. The molecule has 0 bridgehead atoms. The Bertz CT molecular complexity index is 603. The van der Waals surface area contributed by atoms with Crippen molar-refractivity contribution in [3.63, 3.8) is 0 Å². The van der Waals surface area contributed by atoms with Gasteiger partial charge < -0.3 is 10.3 Å². The van der Waals surface area contributed by atoms with Crippen molar-refractivity contribution in [2.75, 3.05) is 0 Å². The third-order valence-electron chi connectivity index (χ3n) is 4.22. The molecular weight excluding hydrogens is 210 g/mol. The maximum Gasteiger partial charge on any atom is 0.112 e. The van der Waals surface area contributed by atoms with E-state index in [0.717, 1.165) is 18.4 Å². The van der Waals surface area contributed by atoms with Crippen LogP contribution in [0.5, 0.6) is 0 Å². The molecule has 0 saturated heterocycles. The number of nitrogens with zero attached hydrogens (tertiary/aromatic N) is 2. The molecule has 0 spiro atoms. The summed E-state index contributed by atoms with van der Waals surface area (Å²) in [5.74, 6) is 1.95. The Morgan fingerprint density at radius 1 is 1.35 bits per heavy atom. The number of imidazole rings is 1. The topological polar surface area (TPSA) is 43.8 Å². The van der Waals surface area contributed by atoms with Gasteiger partial charge in [-0.25, -0.2) is 4.98 Å². The predicted octanol–water partition coefficient (Wildman–Crippen LogP) is 2.40. The first-order valence-electron chi connectivity index (χ1n) is 6.43.